The van der Waals surface area contributed by atoms with Crippen LogP contribution >= 0.6 is 0 Å². The molecule has 74 valence electrons. The van der Waals surface area contributed by atoms with Gasteiger partial charge >= 0.3 is 5.97 Å². The fraction of sp³-hybridized carbons (Fsp3) is 0.182. The Morgan fingerprint density at radius 3 is 3.00 bits per heavy atom. The highest BCUT2D eigenvalue weighted by Gasteiger charge is 1.99. The van der Waals surface area contributed by atoms with Crippen LogP contribution in [0.2, 0.25) is 0 Å². The SMILES string of the molecule is C=CCc1cccc(OCC(=O)O)c1. The zero-order valence-corrected chi connectivity index (χ0v) is 7.77. The zero-order chi connectivity index (χ0) is 10.4. The van der Waals surface area contributed by atoms with Crippen LogP contribution in [0.15, 0.2) is 36.9 Å². The average molecular weight is 192 g/mol. The lowest BCUT2D eigenvalue weighted by Crippen LogP contribution is -2.09. The van der Waals surface area contributed by atoms with Crippen molar-refractivity contribution in [2.24, 2.45) is 0 Å². The summed E-state index contributed by atoms with van der Waals surface area (Å²) in [6.07, 6.45) is 2.54. The van der Waals surface area contributed by atoms with Gasteiger partial charge in [0.1, 0.15) is 5.75 Å². The maximum absolute atomic E-state index is 10.2. The van der Waals surface area contributed by atoms with Gasteiger partial charge in [-0.25, -0.2) is 4.79 Å². The number of carboxylic acids is 1. The van der Waals surface area contributed by atoms with Crippen molar-refractivity contribution >= 4 is 5.97 Å². The molecule has 0 spiro atoms. The molecule has 0 fully saturated rings. The molecule has 0 atom stereocenters. The minimum absolute atomic E-state index is 0.308. The van der Waals surface area contributed by atoms with Crippen LogP contribution in [0, 0.1) is 0 Å². The molecule has 1 rings (SSSR count). The van der Waals surface area contributed by atoms with E-state index in [-0.39, 0.29) is 6.61 Å². The van der Waals surface area contributed by atoms with Crippen molar-refractivity contribution in [2.45, 2.75) is 6.42 Å². The van der Waals surface area contributed by atoms with Crippen molar-refractivity contribution in [3.63, 3.8) is 0 Å². The summed E-state index contributed by atoms with van der Waals surface area (Å²) in [5.41, 5.74) is 1.06. The van der Waals surface area contributed by atoms with Gasteiger partial charge in [0.15, 0.2) is 6.61 Å². The Balaban J connectivity index is 2.63. The molecule has 0 saturated carbocycles. The van der Waals surface area contributed by atoms with Gasteiger partial charge < -0.3 is 9.84 Å². The van der Waals surface area contributed by atoms with E-state index in [0.29, 0.717) is 5.75 Å². The Labute approximate surface area is 82.6 Å². The van der Waals surface area contributed by atoms with E-state index < -0.39 is 5.97 Å². The van der Waals surface area contributed by atoms with E-state index in [1.165, 1.54) is 0 Å². The molecule has 3 heteroatoms. The second-order valence-corrected chi connectivity index (χ2v) is 2.82. The molecule has 3 nitrogen and oxygen atoms in total. The first kappa shape index (κ1) is 10.3. The summed E-state index contributed by atoms with van der Waals surface area (Å²) in [6, 6.07) is 7.31. The largest absolute Gasteiger partial charge is 0.482 e. The lowest BCUT2D eigenvalue weighted by atomic mass is 10.1. The molecule has 0 aliphatic carbocycles. The molecule has 0 saturated heterocycles. The van der Waals surface area contributed by atoms with Gasteiger partial charge in [0.05, 0.1) is 0 Å². The summed E-state index contributed by atoms with van der Waals surface area (Å²) >= 11 is 0. The maximum Gasteiger partial charge on any atom is 0.341 e. The molecule has 0 radical (unpaired) electrons. The highest BCUT2D eigenvalue weighted by molar-refractivity contribution is 5.68. The van der Waals surface area contributed by atoms with Gasteiger partial charge in [-0.1, -0.05) is 18.2 Å². The first-order valence-electron chi connectivity index (χ1n) is 4.27. The summed E-state index contributed by atoms with van der Waals surface area (Å²) in [7, 11) is 0. The van der Waals surface area contributed by atoms with Crippen LogP contribution in [-0.2, 0) is 11.2 Å². The van der Waals surface area contributed by atoms with E-state index in [2.05, 4.69) is 6.58 Å². The third kappa shape index (κ3) is 3.31. The normalized spacial score (nSPS) is 9.43. The van der Waals surface area contributed by atoms with Crippen LogP contribution in [0.25, 0.3) is 0 Å². The number of hydrogen-bond donors (Lipinski definition) is 1. The van der Waals surface area contributed by atoms with E-state index in [1.807, 2.05) is 18.2 Å². The average Bonchev–Trinajstić information content (AvgIpc) is 2.16. The van der Waals surface area contributed by atoms with Crippen LogP contribution < -0.4 is 4.74 Å². The molecule has 1 aromatic carbocycles. The van der Waals surface area contributed by atoms with Gasteiger partial charge in [0, 0.05) is 0 Å². The molecular formula is C11H12O3. The fourth-order valence-electron chi connectivity index (χ4n) is 1.07. The summed E-state index contributed by atoms with van der Waals surface area (Å²) in [5.74, 6) is -0.397. The number of ether oxygens (including phenoxy) is 1. The number of rotatable bonds is 5. The maximum atomic E-state index is 10.2. The predicted octanol–water partition coefficient (Wildman–Crippen LogP) is 1.88. The van der Waals surface area contributed by atoms with Crippen LogP contribution in [-0.4, -0.2) is 17.7 Å². The van der Waals surface area contributed by atoms with Crippen molar-refractivity contribution < 1.29 is 14.6 Å². The number of carboxylic acid groups (broad SMARTS) is 1. The van der Waals surface area contributed by atoms with E-state index in [1.54, 1.807) is 12.1 Å². The van der Waals surface area contributed by atoms with Crippen molar-refractivity contribution in [1.82, 2.24) is 0 Å². The lowest BCUT2D eigenvalue weighted by molar-refractivity contribution is -0.139. The number of allylic oxidation sites excluding steroid dienone is 1. The van der Waals surface area contributed by atoms with Crippen molar-refractivity contribution in [3.8, 4) is 5.75 Å². The van der Waals surface area contributed by atoms with Gasteiger partial charge in [0.25, 0.3) is 0 Å². The van der Waals surface area contributed by atoms with E-state index in [0.717, 1.165) is 12.0 Å². The zero-order valence-electron chi connectivity index (χ0n) is 7.77. The highest BCUT2D eigenvalue weighted by atomic mass is 16.5. The second-order valence-electron chi connectivity index (χ2n) is 2.82. The van der Waals surface area contributed by atoms with Crippen molar-refractivity contribution in [1.29, 1.82) is 0 Å². The summed E-state index contributed by atoms with van der Waals surface area (Å²) in [6.45, 7) is 3.32. The molecule has 0 aliphatic heterocycles. The number of aliphatic carboxylic acids is 1. The monoisotopic (exact) mass is 192 g/mol. The molecule has 1 aromatic rings. The van der Waals surface area contributed by atoms with Gasteiger partial charge in [-0.15, -0.1) is 6.58 Å². The molecule has 0 aromatic heterocycles. The first-order valence-corrected chi connectivity index (χ1v) is 4.27. The van der Waals surface area contributed by atoms with Gasteiger partial charge in [-0.3, -0.25) is 0 Å². The predicted molar refractivity (Wildman–Crippen MR) is 53.5 cm³/mol. The quantitative estimate of drug-likeness (QED) is 0.724. The summed E-state index contributed by atoms with van der Waals surface area (Å²) in [4.78, 5) is 10.2. The molecule has 0 heterocycles. The Bertz CT molecular complexity index is 331. The number of hydrogen-bond acceptors (Lipinski definition) is 2. The van der Waals surface area contributed by atoms with Gasteiger partial charge in [-0.05, 0) is 24.1 Å². The Hall–Kier alpha value is -1.77. The van der Waals surface area contributed by atoms with E-state index in [9.17, 15) is 4.79 Å². The van der Waals surface area contributed by atoms with Gasteiger partial charge in [0.2, 0.25) is 0 Å². The smallest absolute Gasteiger partial charge is 0.341 e. The Morgan fingerprint density at radius 1 is 1.57 bits per heavy atom. The molecule has 0 bridgehead atoms. The number of carbonyl (C=O) groups is 1. The van der Waals surface area contributed by atoms with Crippen LogP contribution in [0.5, 0.6) is 5.75 Å². The van der Waals surface area contributed by atoms with Crippen LogP contribution in [0.1, 0.15) is 5.56 Å². The molecule has 14 heavy (non-hydrogen) atoms. The first-order chi connectivity index (χ1) is 6.72. The van der Waals surface area contributed by atoms with E-state index >= 15 is 0 Å². The molecule has 1 N–H and O–H groups in total. The highest BCUT2D eigenvalue weighted by Crippen LogP contribution is 2.13. The second kappa shape index (κ2) is 5.07. The minimum atomic E-state index is -0.973. The van der Waals surface area contributed by atoms with Crippen molar-refractivity contribution in [2.75, 3.05) is 6.61 Å². The van der Waals surface area contributed by atoms with Gasteiger partial charge in [-0.2, -0.15) is 0 Å². The fourth-order valence-corrected chi connectivity index (χ4v) is 1.07. The number of benzene rings is 1. The Kier molecular flexibility index (Phi) is 3.73. The van der Waals surface area contributed by atoms with Crippen LogP contribution in [0.4, 0.5) is 0 Å². The third-order valence-electron chi connectivity index (χ3n) is 1.64. The standard InChI is InChI=1S/C11H12O3/c1-2-4-9-5-3-6-10(7-9)14-8-11(12)13/h2-3,5-7H,1,4,8H2,(H,12,13). The lowest BCUT2D eigenvalue weighted by Gasteiger charge is -2.04. The topological polar surface area (TPSA) is 46.5 Å². The summed E-state index contributed by atoms with van der Waals surface area (Å²) < 4.78 is 5.02. The molecule has 0 amide bonds. The van der Waals surface area contributed by atoms with E-state index in [4.69, 9.17) is 9.84 Å². The summed E-state index contributed by atoms with van der Waals surface area (Å²) in [5, 5.41) is 8.41. The minimum Gasteiger partial charge on any atom is -0.482 e. The third-order valence-corrected chi connectivity index (χ3v) is 1.64. The molecule has 0 unspecified atom stereocenters. The molecule has 0 aliphatic rings. The van der Waals surface area contributed by atoms with Crippen LogP contribution in [0.3, 0.4) is 0 Å². The Morgan fingerprint density at radius 2 is 2.36 bits per heavy atom. The molecular weight excluding hydrogens is 180 g/mol. The van der Waals surface area contributed by atoms with Crippen molar-refractivity contribution in [3.05, 3.63) is 42.5 Å².